The zero-order valence-corrected chi connectivity index (χ0v) is 25.1. The van der Waals surface area contributed by atoms with Crippen LogP contribution in [0, 0.1) is 5.92 Å². The maximum atomic E-state index is 13.8. The molecule has 0 aliphatic carbocycles. The number of fused-ring (bicyclic) bond motifs is 1. The van der Waals surface area contributed by atoms with Crippen molar-refractivity contribution in [1.82, 2.24) is 4.90 Å². The molecule has 10 nitrogen and oxygen atoms in total. The first kappa shape index (κ1) is 29.1. The lowest BCUT2D eigenvalue weighted by Crippen LogP contribution is -2.64. The monoisotopic (exact) mass is 622 g/mol. The normalized spacial score (nSPS) is 25.4. The summed E-state index contributed by atoms with van der Waals surface area (Å²) >= 11 is 0. The van der Waals surface area contributed by atoms with E-state index in [0.717, 1.165) is 4.90 Å². The van der Waals surface area contributed by atoms with Crippen molar-refractivity contribution in [3.8, 4) is 0 Å². The van der Waals surface area contributed by atoms with Crippen molar-refractivity contribution in [2.75, 3.05) is 0 Å². The Morgan fingerprint density at radius 1 is 0.977 bits per heavy atom. The SMILES string of the molecule is CC1(C)[C@H](C(=O)OC(c2ccccc2)c2ccccc2)N2C(=O)[C@@H](CC3=NO[C@@H](S(=O)(=O)c4ccccc4)C3)[C@H]2S1(=O)=O. The summed E-state index contributed by atoms with van der Waals surface area (Å²) in [7, 11) is -7.90. The molecular formula is C31H30N2O8S2. The molecule has 0 saturated carbocycles. The van der Waals surface area contributed by atoms with Gasteiger partial charge in [-0.15, -0.1) is 0 Å². The fourth-order valence-corrected chi connectivity index (χ4v) is 9.77. The lowest BCUT2D eigenvalue weighted by molar-refractivity contribution is -0.168. The third-order valence-electron chi connectivity index (χ3n) is 8.41. The molecule has 0 aromatic heterocycles. The number of carbonyl (C=O) groups excluding carboxylic acids is 2. The quantitative estimate of drug-likeness (QED) is 0.274. The zero-order valence-electron chi connectivity index (χ0n) is 23.4. The second-order valence-electron chi connectivity index (χ2n) is 11.4. The minimum Gasteiger partial charge on any atom is -0.451 e. The summed E-state index contributed by atoms with van der Waals surface area (Å²) in [4.78, 5) is 33.7. The molecule has 0 unspecified atom stereocenters. The van der Waals surface area contributed by atoms with Gasteiger partial charge >= 0.3 is 5.97 Å². The van der Waals surface area contributed by atoms with E-state index in [1.165, 1.54) is 26.0 Å². The molecule has 0 N–H and O–H groups in total. The summed E-state index contributed by atoms with van der Waals surface area (Å²) in [5, 5.41) is 2.63. The predicted molar refractivity (Wildman–Crippen MR) is 157 cm³/mol. The van der Waals surface area contributed by atoms with Gasteiger partial charge in [-0.25, -0.2) is 21.6 Å². The van der Waals surface area contributed by atoms with Crippen LogP contribution in [0.5, 0.6) is 0 Å². The molecular weight excluding hydrogens is 592 g/mol. The van der Waals surface area contributed by atoms with Gasteiger partial charge in [0.05, 0.1) is 21.3 Å². The number of carbonyl (C=O) groups is 2. The highest BCUT2D eigenvalue weighted by Crippen LogP contribution is 2.50. The third-order valence-corrected chi connectivity index (χ3v) is 13.2. The lowest BCUT2D eigenvalue weighted by Gasteiger charge is -2.43. The summed E-state index contributed by atoms with van der Waals surface area (Å²) in [5.74, 6) is -2.38. The summed E-state index contributed by atoms with van der Waals surface area (Å²) in [5.41, 5.74) is 0.395. The minimum absolute atomic E-state index is 0.0770. The van der Waals surface area contributed by atoms with Crippen LogP contribution in [-0.2, 0) is 38.8 Å². The second kappa shape index (κ2) is 10.6. The first-order valence-electron chi connectivity index (χ1n) is 13.8. The number of hydrogen-bond donors (Lipinski definition) is 0. The molecule has 0 spiro atoms. The van der Waals surface area contributed by atoms with Crippen molar-refractivity contribution < 1.29 is 36.0 Å². The van der Waals surface area contributed by atoms with Gasteiger partial charge in [0.25, 0.3) is 0 Å². The van der Waals surface area contributed by atoms with E-state index in [-0.39, 0.29) is 23.4 Å². The highest BCUT2D eigenvalue weighted by atomic mass is 32.2. The number of ether oxygens (including phenoxy) is 1. The van der Waals surface area contributed by atoms with Gasteiger partial charge in [-0.1, -0.05) is 84.0 Å². The Balaban J connectivity index is 1.22. The van der Waals surface area contributed by atoms with Gasteiger partial charge in [-0.2, -0.15) is 0 Å². The van der Waals surface area contributed by atoms with E-state index in [1.807, 2.05) is 60.7 Å². The van der Waals surface area contributed by atoms with Gasteiger partial charge in [0.1, 0.15) is 11.4 Å². The molecule has 12 heteroatoms. The Kier molecular flexibility index (Phi) is 7.16. The van der Waals surface area contributed by atoms with Crippen molar-refractivity contribution in [2.45, 2.75) is 59.3 Å². The smallest absolute Gasteiger partial charge is 0.331 e. The lowest BCUT2D eigenvalue weighted by atomic mass is 9.87. The van der Waals surface area contributed by atoms with Crippen molar-refractivity contribution in [2.24, 2.45) is 11.1 Å². The van der Waals surface area contributed by atoms with Gasteiger partial charge in [0, 0.05) is 12.8 Å². The summed E-state index contributed by atoms with van der Waals surface area (Å²) in [6.07, 6.45) is -1.01. The molecule has 4 atom stereocenters. The number of oxime groups is 1. The predicted octanol–water partition coefficient (Wildman–Crippen LogP) is 3.65. The molecule has 0 bridgehead atoms. The Labute approximate surface area is 250 Å². The minimum atomic E-state index is -4.04. The van der Waals surface area contributed by atoms with Gasteiger partial charge in [-0.05, 0) is 37.1 Å². The zero-order chi connectivity index (χ0) is 30.6. The largest absolute Gasteiger partial charge is 0.451 e. The number of nitrogens with zero attached hydrogens (tertiary/aromatic N) is 2. The van der Waals surface area contributed by atoms with E-state index >= 15 is 0 Å². The standard InChI is InChI=1S/C31H30N2O8S2/c1-31(2)27(30(35)40-26(20-12-6-3-7-13-20)21-14-8-4-9-15-21)33-28(34)24(29(33)43(31,38)39)18-22-19-25(41-32-22)42(36,37)23-16-10-5-11-17-23/h3-17,24-27,29H,18-19H2,1-2H3/t24-,25+,27+,29-/m1/s1. The van der Waals surface area contributed by atoms with Crippen molar-refractivity contribution in [3.05, 3.63) is 102 Å². The number of hydrogen-bond acceptors (Lipinski definition) is 9. The highest BCUT2D eigenvalue weighted by molar-refractivity contribution is 7.94. The molecule has 3 aliphatic rings. The first-order chi connectivity index (χ1) is 20.4. The van der Waals surface area contributed by atoms with E-state index < -0.39 is 65.2 Å². The van der Waals surface area contributed by atoms with Gasteiger partial charge in [-0.3, -0.25) is 4.79 Å². The van der Waals surface area contributed by atoms with Crippen LogP contribution in [0.15, 0.2) is 101 Å². The Hall–Kier alpha value is -4.03. The van der Waals surface area contributed by atoms with Crippen LogP contribution in [0.1, 0.15) is 43.9 Å². The van der Waals surface area contributed by atoms with E-state index in [9.17, 15) is 26.4 Å². The molecule has 2 saturated heterocycles. The van der Waals surface area contributed by atoms with Crippen LogP contribution in [0.4, 0.5) is 0 Å². The average Bonchev–Trinajstić information content (AvgIpc) is 3.54. The molecule has 224 valence electrons. The molecule has 3 aliphatic heterocycles. The van der Waals surface area contributed by atoms with Crippen LogP contribution in [-0.4, -0.2) is 60.9 Å². The maximum absolute atomic E-state index is 13.8. The molecule has 2 fully saturated rings. The average molecular weight is 623 g/mol. The van der Waals surface area contributed by atoms with E-state index in [0.29, 0.717) is 11.1 Å². The van der Waals surface area contributed by atoms with Crippen molar-refractivity contribution in [3.63, 3.8) is 0 Å². The molecule has 6 rings (SSSR count). The van der Waals surface area contributed by atoms with Crippen LogP contribution in [0.2, 0.25) is 0 Å². The number of rotatable bonds is 8. The van der Waals surface area contributed by atoms with E-state index in [2.05, 4.69) is 5.16 Å². The third kappa shape index (κ3) is 4.72. The van der Waals surface area contributed by atoms with Crippen molar-refractivity contribution >= 4 is 37.3 Å². The second-order valence-corrected chi connectivity index (χ2v) is 16.1. The van der Waals surface area contributed by atoms with Gasteiger partial charge < -0.3 is 14.5 Å². The molecule has 3 aromatic carbocycles. The maximum Gasteiger partial charge on any atom is 0.331 e. The van der Waals surface area contributed by atoms with Crippen LogP contribution in [0.3, 0.4) is 0 Å². The first-order valence-corrected chi connectivity index (χ1v) is 16.9. The van der Waals surface area contributed by atoms with Crippen LogP contribution in [0.25, 0.3) is 0 Å². The fraction of sp³-hybridized carbons (Fsp3) is 0.323. The highest BCUT2D eigenvalue weighted by Gasteiger charge is 2.72. The van der Waals surface area contributed by atoms with Crippen LogP contribution < -0.4 is 0 Å². The molecule has 1 amide bonds. The Morgan fingerprint density at radius 3 is 2.07 bits per heavy atom. The molecule has 43 heavy (non-hydrogen) atoms. The number of benzene rings is 3. The number of esters is 1. The molecule has 3 aromatic rings. The van der Waals surface area contributed by atoms with E-state index in [1.54, 1.807) is 18.2 Å². The summed E-state index contributed by atoms with van der Waals surface area (Å²) in [6.45, 7) is 2.85. The Bertz CT molecular complexity index is 1750. The van der Waals surface area contributed by atoms with Gasteiger partial charge in [0.15, 0.2) is 15.9 Å². The van der Waals surface area contributed by atoms with Crippen molar-refractivity contribution in [1.29, 1.82) is 0 Å². The fourth-order valence-electron chi connectivity index (χ4n) is 6.05. The molecule has 3 heterocycles. The molecule has 0 radical (unpaired) electrons. The van der Waals surface area contributed by atoms with Gasteiger partial charge in [0.2, 0.25) is 21.2 Å². The summed E-state index contributed by atoms with van der Waals surface area (Å²) < 4.78 is 57.9. The summed E-state index contributed by atoms with van der Waals surface area (Å²) in [6, 6.07) is 24.6. The number of amides is 1. The van der Waals surface area contributed by atoms with Crippen LogP contribution >= 0.6 is 0 Å². The number of sulfone groups is 2. The Morgan fingerprint density at radius 2 is 1.51 bits per heavy atom. The van der Waals surface area contributed by atoms with E-state index in [4.69, 9.17) is 9.57 Å². The topological polar surface area (TPSA) is 136 Å². The number of β-lactam (4-membered cyclic amide) rings is 1.